The Morgan fingerprint density at radius 3 is 2.75 bits per heavy atom. The molecule has 0 amide bonds. The molecule has 1 fully saturated rings. The molecule has 5 heteroatoms. The molecule has 0 saturated carbocycles. The van der Waals surface area contributed by atoms with Crippen LogP contribution in [0, 0.1) is 5.92 Å². The Morgan fingerprint density at radius 2 is 2.12 bits per heavy atom. The predicted molar refractivity (Wildman–Crippen MR) is 67.4 cm³/mol. The van der Waals surface area contributed by atoms with E-state index in [1.54, 1.807) is 0 Å². The summed E-state index contributed by atoms with van der Waals surface area (Å²) < 4.78 is 21.8. The number of likely N-dealkylation sites (tertiary alicyclic amines) is 1. The van der Waals surface area contributed by atoms with Gasteiger partial charge in [0.25, 0.3) is 0 Å². The highest BCUT2D eigenvalue weighted by Gasteiger charge is 2.15. The number of piperidine rings is 1. The summed E-state index contributed by atoms with van der Waals surface area (Å²) in [6, 6.07) is 0. The molecule has 0 aromatic carbocycles. The molecule has 16 heavy (non-hydrogen) atoms. The van der Waals surface area contributed by atoms with E-state index in [4.69, 9.17) is 0 Å². The summed E-state index contributed by atoms with van der Waals surface area (Å²) in [4.78, 5) is 2.46. The van der Waals surface area contributed by atoms with E-state index < -0.39 is 9.84 Å². The molecule has 1 rings (SSSR count). The van der Waals surface area contributed by atoms with Crippen LogP contribution in [0.25, 0.3) is 0 Å². The molecule has 4 nitrogen and oxygen atoms in total. The fourth-order valence-electron chi connectivity index (χ4n) is 2.11. The van der Waals surface area contributed by atoms with Gasteiger partial charge in [0.05, 0.1) is 5.75 Å². The normalized spacial score (nSPS) is 23.5. The number of nitrogens with zero attached hydrogens (tertiary/aromatic N) is 1. The Kier molecular flexibility index (Phi) is 5.72. The average Bonchev–Trinajstić information content (AvgIpc) is 2.15. The minimum atomic E-state index is -2.81. The second-order valence-electron chi connectivity index (χ2n) is 4.93. The summed E-state index contributed by atoms with van der Waals surface area (Å²) in [7, 11) is -2.81. The van der Waals surface area contributed by atoms with Crippen LogP contribution in [0.5, 0.6) is 0 Å². The number of hydrogen-bond donors (Lipinski definition) is 1. The summed E-state index contributed by atoms with van der Waals surface area (Å²) in [5, 5.41) is 3.18. The zero-order valence-electron chi connectivity index (χ0n) is 10.4. The van der Waals surface area contributed by atoms with Crippen molar-refractivity contribution in [2.45, 2.75) is 19.8 Å². The maximum absolute atomic E-state index is 10.9. The van der Waals surface area contributed by atoms with Crippen molar-refractivity contribution in [2.24, 2.45) is 5.92 Å². The summed E-state index contributed by atoms with van der Waals surface area (Å²) >= 11 is 0. The third-order valence-corrected chi connectivity index (χ3v) is 3.94. The SMILES string of the molecule is CC1CCCN(CCNCCS(C)(=O)=O)C1. The van der Waals surface area contributed by atoms with Crippen LogP contribution in [0.1, 0.15) is 19.8 Å². The molecule has 0 radical (unpaired) electrons. The average molecular weight is 248 g/mol. The molecule has 1 N–H and O–H groups in total. The van der Waals surface area contributed by atoms with E-state index in [0.717, 1.165) is 19.0 Å². The molecule has 0 aromatic rings. The lowest BCUT2D eigenvalue weighted by atomic mass is 10.0. The molecule has 1 aliphatic heterocycles. The molecule has 1 atom stereocenters. The molecule has 0 bridgehead atoms. The van der Waals surface area contributed by atoms with Crippen molar-refractivity contribution in [3.63, 3.8) is 0 Å². The molecule has 0 aromatic heterocycles. The van der Waals surface area contributed by atoms with Gasteiger partial charge in [0, 0.05) is 32.4 Å². The van der Waals surface area contributed by atoms with Crippen LogP contribution in [0.15, 0.2) is 0 Å². The van der Waals surface area contributed by atoms with Crippen molar-refractivity contribution in [2.75, 3.05) is 44.7 Å². The highest BCUT2D eigenvalue weighted by molar-refractivity contribution is 7.90. The summed E-state index contributed by atoms with van der Waals surface area (Å²) in [6.07, 6.45) is 3.92. The zero-order chi connectivity index (χ0) is 12.0. The Morgan fingerprint density at radius 1 is 1.38 bits per heavy atom. The monoisotopic (exact) mass is 248 g/mol. The minimum absolute atomic E-state index is 0.239. The van der Waals surface area contributed by atoms with Crippen LogP contribution in [0.4, 0.5) is 0 Å². The molecule has 1 heterocycles. The van der Waals surface area contributed by atoms with Crippen LogP contribution in [0.2, 0.25) is 0 Å². The fourth-order valence-corrected chi connectivity index (χ4v) is 2.62. The van der Waals surface area contributed by atoms with Crippen molar-refractivity contribution >= 4 is 9.84 Å². The van der Waals surface area contributed by atoms with E-state index in [0.29, 0.717) is 6.54 Å². The van der Waals surface area contributed by atoms with Gasteiger partial charge in [0.1, 0.15) is 9.84 Å². The number of rotatable bonds is 6. The van der Waals surface area contributed by atoms with Gasteiger partial charge in [-0.1, -0.05) is 6.92 Å². The van der Waals surface area contributed by atoms with Crippen LogP contribution in [-0.4, -0.2) is 58.1 Å². The van der Waals surface area contributed by atoms with E-state index in [-0.39, 0.29) is 5.75 Å². The van der Waals surface area contributed by atoms with Crippen LogP contribution < -0.4 is 5.32 Å². The van der Waals surface area contributed by atoms with Crippen molar-refractivity contribution in [1.29, 1.82) is 0 Å². The van der Waals surface area contributed by atoms with Crippen LogP contribution >= 0.6 is 0 Å². The molecule has 1 aliphatic rings. The molecule has 0 spiro atoms. The van der Waals surface area contributed by atoms with Crippen molar-refractivity contribution in [3.05, 3.63) is 0 Å². The number of nitrogens with one attached hydrogen (secondary N) is 1. The van der Waals surface area contributed by atoms with Gasteiger partial charge in [0.2, 0.25) is 0 Å². The standard InChI is InChI=1S/C11H24N2O2S/c1-11-4-3-7-13(10-11)8-5-12-6-9-16(2,14)15/h11-12H,3-10H2,1-2H3. The molecule has 1 saturated heterocycles. The Balaban J connectivity index is 2.02. The highest BCUT2D eigenvalue weighted by atomic mass is 32.2. The lowest BCUT2D eigenvalue weighted by molar-refractivity contribution is 0.185. The second kappa shape index (κ2) is 6.57. The highest BCUT2D eigenvalue weighted by Crippen LogP contribution is 2.14. The largest absolute Gasteiger partial charge is 0.314 e. The third kappa shape index (κ3) is 6.45. The zero-order valence-corrected chi connectivity index (χ0v) is 11.2. The molecular formula is C11H24N2O2S. The fraction of sp³-hybridized carbons (Fsp3) is 1.00. The smallest absolute Gasteiger partial charge is 0.148 e. The first kappa shape index (κ1) is 13.9. The van der Waals surface area contributed by atoms with Gasteiger partial charge in [-0.2, -0.15) is 0 Å². The van der Waals surface area contributed by atoms with Gasteiger partial charge in [-0.25, -0.2) is 8.42 Å². The first-order valence-corrected chi connectivity index (χ1v) is 8.14. The maximum Gasteiger partial charge on any atom is 0.148 e. The number of hydrogen-bond acceptors (Lipinski definition) is 4. The lowest BCUT2D eigenvalue weighted by Crippen LogP contribution is -2.39. The molecular weight excluding hydrogens is 224 g/mol. The van der Waals surface area contributed by atoms with E-state index >= 15 is 0 Å². The topological polar surface area (TPSA) is 49.4 Å². The van der Waals surface area contributed by atoms with Crippen molar-refractivity contribution in [1.82, 2.24) is 10.2 Å². The lowest BCUT2D eigenvalue weighted by Gasteiger charge is -2.30. The molecule has 0 aliphatic carbocycles. The number of sulfone groups is 1. The minimum Gasteiger partial charge on any atom is -0.314 e. The van der Waals surface area contributed by atoms with Crippen molar-refractivity contribution in [3.8, 4) is 0 Å². The van der Waals surface area contributed by atoms with Crippen molar-refractivity contribution < 1.29 is 8.42 Å². The first-order chi connectivity index (χ1) is 7.47. The van der Waals surface area contributed by atoms with Crippen LogP contribution in [-0.2, 0) is 9.84 Å². The Labute approximate surface area is 99.3 Å². The van der Waals surface area contributed by atoms with Gasteiger partial charge in [-0.15, -0.1) is 0 Å². The van der Waals surface area contributed by atoms with Gasteiger partial charge in [0.15, 0.2) is 0 Å². The summed E-state index contributed by atoms with van der Waals surface area (Å²) in [6.45, 7) is 7.17. The Hall–Kier alpha value is -0.130. The van der Waals surface area contributed by atoms with E-state index in [2.05, 4.69) is 17.1 Å². The quantitative estimate of drug-likeness (QED) is 0.689. The van der Waals surface area contributed by atoms with Gasteiger partial charge in [-0.05, 0) is 25.3 Å². The Bertz CT molecular complexity index is 290. The van der Waals surface area contributed by atoms with E-state index in [9.17, 15) is 8.42 Å². The van der Waals surface area contributed by atoms with Gasteiger partial charge >= 0.3 is 0 Å². The van der Waals surface area contributed by atoms with Crippen LogP contribution in [0.3, 0.4) is 0 Å². The van der Waals surface area contributed by atoms with E-state index in [1.807, 2.05) is 0 Å². The maximum atomic E-state index is 10.9. The third-order valence-electron chi connectivity index (χ3n) is 3.00. The molecule has 96 valence electrons. The van der Waals surface area contributed by atoms with E-state index in [1.165, 1.54) is 32.2 Å². The predicted octanol–water partition coefficient (Wildman–Crippen LogP) is 0.353. The molecule has 1 unspecified atom stereocenters. The second-order valence-corrected chi connectivity index (χ2v) is 7.19. The summed E-state index contributed by atoms with van der Waals surface area (Å²) in [5.74, 6) is 1.05. The van der Waals surface area contributed by atoms with Gasteiger partial charge in [-0.3, -0.25) is 0 Å². The summed E-state index contributed by atoms with van der Waals surface area (Å²) in [5.41, 5.74) is 0. The van der Waals surface area contributed by atoms with Gasteiger partial charge < -0.3 is 10.2 Å². The first-order valence-electron chi connectivity index (χ1n) is 6.08.